The minimum Gasteiger partial charge on any atom is -0.466 e. The van der Waals surface area contributed by atoms with E-state index in [9.17, 15) is 9.59 Å². The highest BCUT2D eigenvalue weighted by Gasteiger charge is 2.25. The number of esters is 1. The maximum atomic E-state index is 12.2. The Balaban J connectivity index is 1.70. The lowest BCUT2D eigenvalue weighted by atomic mass is 9.86. The zero-order valence-corrected chi connectivity index (χ0v) is 19.8. The minimum atomic E-state index is -0.288. The topological polar surface area (TPSA) is 111 Å². The summed E-state index contributed by atoms with van der Waals surface area (Å²) < 4.78 is 6.88. The summed E-state index contributed by atoms with van der Waals surface area (Å²) in [6.45, 7) is 5.71. The Bertz CT molecular complexity index is 1280. The van der Waals surface area contributed by atoms with Gasteiger partial charge in [-0.05, 0) is 50.0 Å². The Morgan fingerprint density at radius 1 is 1.29 bits per heavy atom. The number of amides is 1. The van der Waals surface area contributed by atoms with Gasteiger partial charge >= 0.3 is 5.97 Å². The van der Waals surface area contributed by atoms with E-state index < -0.39 is 0 Å². The third-order valence-corrected chi connectivity index (χ3v) is 5.72. The molecule has 2 aromatic heterocycles. The van der Waals surface area contributed by atoms with E-state index in [-0.39, 0.29) is 17.8 Å². The van der Waals surface area contributed by atoms with Gasteiger partial charge in [0.05, 0.1) is 30.1 Å². The third kappa shape index (κ3) is 5.81. The quantitative estimate of drug-likeness (QED) is 0.367. The molecule has 1 aliphatic carbocycles. The monoisotopic (exact) mass is 472 g/mol. The Hall–Kier alpha value is -4.27. The highest BCUT2D eigenvalue weighted by atomic mass is 16.5. The standard InChI is InChI=1S/C26H28N6O3/c1-4-23(33)29-20-8-6-7-19(13-20)24-22(17-9-11-18(12-10-17)25(34)35-5-2)15-27-26(31-24)30-21-14-28-32(3)16-21/h4,6-9,13-16,18H,1,5,10-12H2,2-3H3,(H,29,33)(H,27,30,31). The number of rotatable bonds is 8. The second-order valence-electron chi connectivity index (χ2n) is 8.21. The zero-order valence-electron chi connectivity index (χ0n) is 19.8. The smallest absolute Gasteiger partial charge is 0.309 e. The van der Waals surface area contributed by atoms with Gasteiger partial charge < -0.3 is 15.4 Å². The van der Waals surface area contributed by atoms with Crippen LogP contribution in [0.3, 0.4) is 0 Å². The number of carbonyl (C=O) groups excluding carboxylic acids is 2. The molecular formula is C26H28N6O3. The van der Waals surface area contributed by atoms with Crippen LogP contribution in [0.15, 0.2) is 61.6 Å². The van der Waals surface area contributed by atoms with Gasteiger partial charge in [0.1, 0.15) is 0 Å². The number of hydrogen-bond acceptors (Lipinski definition) is 7. The second kappa shape index (κ2) is 10.8. The molecule has 9 nitrogen and oxygen atoms in total. The fourth-order valence-corrected chi connectivity index (χ4v) is 4.00. The van der Waals surface area contributed by atoms with Crippen molar-refractivity contribution in [2.24, 2.45) is 13.0 Å². The van der Waals surface area contributed by atoms with Gasteiger partial charge in [-0.1, -0.05) is 24.8 Å². The summed E-state index contributed by atoms with van der Waals surface area (Å²) in [6.07, 6.45) is 10.7. The summed E-state index contributed by atoms with van der Waals surface area (Å²) >= 11 is 0. The predicted octanol–water partition coefficient (Wildman–Crippen LogP) is 4.49. The largest absolute Gasteiger partial charge is 0.466 e. The number of nitrogens with zero attached hydrogens (tertiary/aromatic N) is 4. The predicted molar refractivity (Wildman–Crippen MR) is 135 cm³/mol. The summed E-state index contributed by atoms with van der Waals surface area (Å²) in [5.74, 6) is -0.143. The number of hydrogen-bond donors (Lipinski definition) is 2. The molecule has 3 aromatic rings. The molecule has 0 aliphatic heterocycles. The molecule has 1 atom stereocenters. The van der Waals surface area contributed by atoms with E-state index >= 15 is 0 Å². The first kappa shape index (κ1) is 23.9. The molecule has 180 valence electrons. The van der Waals surface area contributed by atoms with E-state index in [1.807, 2.05) is 44.4 Å². The van der Waals surface area contributed by atoms with Crippen LogP contribution >= 0.6 is 0 Å². The first-order chi connectivity index (χ1) is 17.0. The first-order valence-electron chi connectivity index (χ1n) is 11.5. The average Bonchev–Trinajstić information content (AvgIpc) is 3.28. The highest BCUT2D eigenvalue weighted by Crippen LogP contribution is 2.36. The second-order valence-corrected chi connectivity index (χ2v) is 8.21. The van der Waals surface area contributed by atoms with Gasteiger partial charge in [-0.15, -0.1) is 0 Å². The molecule has 0 radical (unpaired) electrons. The van der Waals surface area contributed by atoms with Crippen LogP contribution in [0, 0.1) is 5.92 Å². The number of nitrogens with one attached hydrogen (secondary N) is 2. The number of aryl methyl sites for hydroxylation is 1. The van der Waals surface area contributed by atoms with Gasteiger partial charge in [0, 0.05) is 36.3 Å². The van der Waals surface area contributed by atoms with Gasteiger partial charge in [0.15, 0.2) is 0 Å². The van der Waals surface area contributed by atoms with E-state index in [0.29, 0.717) is 37.5 Å². The molecule has 2 N–H and O–H groups in total. The number of benzene rings is 1. The minimum absolute atomic E-state index is 0.132. The lowest BCUT2D eigenvalue weighted by Gasteiger charge is -2.22. The van der Waals surface area contributed by atoms with Crippen molar-refractivity contribution in [3.63, 3.8) is 0 Å². The van der Waals surface area contributed by atoms with E-state index in [1.54, 1.807) is 17.1 Å². The maximum absolute atomic E-state index is 12.2. The molecule has 1 aliphatic rings. The molecule has 1 amide bonds. The Kier molecular flexibility index (Phi) is 7.35. The van der Waals surface area contributed by atoms with E-state index in [2.05, 4.69) is 33.4 Å². The van der Waals surface area contributed by atoms with Gasteiger partial charge in [0.25, 0.3) is 0 Å². The fraction of sp³-hybridized carbons (Fsp3) is 0.269. The molecule has 4 rings (SSSR count). The Labute approximate surface area is 203 Å². The summed E-state index contributed by atoms with van der Waals surface area (Å²) in [4.78, 5) is 33.3. The molecule has 35 heavy (non-hydrogen) atoms. The zero-order chi connectivity index (χ0) is 24.8. The van der Waals surface area contributed by atoms with Crippen LogP contribution in [-0.4, -0.2) is 38.2 Å². The van der Waals surface area contributed by atoms with Crippen molar-refractivity contribution < 1.29 is 14.3 Å². The lowest BCUT2D eigenvalue weighted by Crippen LogP contribution is -2.19. The molecule has 0 spiro atoms. The van der Waals surface area contributed by atoms with Gasteiger partial charge in [0.2, 0.25) is 11.9 Å². The number of carbonyl (C=O) groups is 2. The van der Waals surface area contributed by atoms with Crippen LogP contribution in [0.5, 0.6) is 0 Å². The first-order valence-corrected chi connectivity index (χ1v) is 11.5. The van der Waals surface area contributed by atoms with Gasteiger partial charge in [-0.3, -0.25) is 14.3 Å². The molecular weight excluding hydrogens is 444 g/mol. The van der Waals surface area contributed by atoms with Crippen molar-refractivity contribution >= 4 is 34.8 Å². The molecule has 0 saturated heterocycles. The van der Waals surface area contributed by atoms with Crippen LogP contribution in [0.4, 0.5) is 17.3 Å². The summed E-state index contributed by atoms with van der Waals surface area (Å²) in [5.41, 5.74) is 4.92. The summed E-state index contributed by atoms with van der Waals surface area (Å²) in [6, 6.07) is 7.48. The number of aromatic nitrogens is 4. The van der Waals surface area contributed by atoms with Crippen molar-refractivity contribution in [2.75, 3.05) is 17.2 Å². The Morgan fingerprint density at radius 3 is 2.83 bits per heavy atom. The lowest BCUT2D eigenvalue weighted by molar-refractivity contribution is -0.148. The van der Waals surface area contributed by atoms with Crippen LogP contribution in [0.1, 0.15) is 31.7 Å². The molecule has 0 fully saturated rings. The highest BCUT2D eigenvalue weighted by molar-refractivity contribution is 5.99. The van der Waals surface area contributed by atoms with E-state index in [0.717, 1.165) is 28.1 Å². The van der Waals surface area contributed by atoms with Gasteiger partial charge in [-0.25, -0.2) is 9.97 Å². The summed E-state index contributed by atoms with van der Waals surface area (Å²) in [7, 11) is 1.84. The van der Waals surface area contributed by atoms with Crippen LogP contribution in [0.25, 0.3) is 16.8 Å². The summed E-state index contributed by atoms with van der Waals surface area (Å²) in [5, 5.41) is 10.2. The number of anilines is 3. The van der Waals surface area contributed by atoms with Crippen molar-refractivity contribution in [2.45, 2.75) is 26.2 Å². The van der Waals surface area contributed by atoms with Crippen molar-refractivity contribution in [1.29, 1.82) is 0 Å². The van der Waals surface area contributed by atoms with Crippen LogP contribution in [-0.2, 0) is 21.4 Å². The fourth-order valence-electron chi connectivity index (χ4n) is 4.00. The number of ether oxygens (including phenoxy) is 1. The molecule has 2 heterocycles. The third-order valence-electron chi connectivity index (χ3n) is 5.72. The van der Waals surface area contributed by atoms with E-state index in [1.165, 1.54) is 6.08 Å². The average molecular weight is 473 g/mol. The normalized spacial score (nSPS) is 15.1. The van der Waals surface area contributed by atoms with Crippen molar-refractivity contribution in [3.8, 4) is 11.3 Å². The molecule has 0 bridgehead atoms. The molecule has 1 aromatic carbocycles. The SMILES string of the molecule is C=CC(=O)Nc1cccc(-c2nc(Nc3cnn(C)c3)ncc2C2=CCC(C(=O)OCC)CC2)c1. The number of allylic oxidation sites excluding steroid dienone is 2. The van der Waals surface area contributed by atoms with Crippen molar-refractivity contribution in [1.82, 2.24) is 19.7 Å². The van der Waals surface area contributed by atoms with Crippen LogP contribution < -0.4 is 10.6 Å². The molecule has 9 heteroatoms. The molecule has 1 unspecified atom stereocenters. The van der Waals surface area contributed by atoms with Gasteiger partial charge in [-0.2, -0.15) is 5.10 Å². The van der Waals surface area contributed by atoms with E-state index in [4.69, 9.17) is 9.72 Å². The van der Waals surface area contributed by atoms with Crippen LogP contribution in [0.2, 0.25) is 0 Å². The molecule has 0 saturated carbocycles. The Morgan fingerprint density at radius 2 is 2.14 bits per heavy atom. The maximum Gasteiger partial charge on any atom is 0.309 e. The van der Waals surface area contributed by atoms with Crippen molar-refractivity contribution in [3.05, 3.63) is 67.2 Å².